The summed E-state index contributed by atoms with van der Waals surface area (Å²) in [5.41, 5.74) is 0.566. The molecule has 4 amide bonds. The van der Waals surface area contributed by atoms with Gasteiger partial charge in [-0.3, -0.25) is 14.9 Å². The number of imide groups is 1. The maximum atomic E-state index is 12.8. The van der Waals surface area contributed by atoms with Crippen molar-refractivity contribution in [1.29, 1.82) is 0 Å². The van der Waals surface area contributed by atoms with Crippen LogP contribution in [0.15, 0.2) is 24.3 Å². The summed E-state index contributed by atoms with van der Waals surface area (Å²) in [5.74, 6) is -1.02. The number of hydrogen-bond donors (Lipinski definition) is 2. The van der Waals surface area contributed by atoms with Crippen molar-refractivity contribution >= 4 is 23.5 Å². The summed E-state index contributed by atoms with van der Waals surface area (Å²) in [6.07, 6.45) is 0.328. The summed E-state index contributed by atoms with van der Waals surface area (Å²) in [6.45, 7) is 0. The Morgan fingerprint density at radius 1 is 1.30 bits per heavy atom. The lowest BCUT2D eigenvalue weighted by molar-refractivity contribution is -0.121. The summed E-state index contributed by atoms with van der Waals surface area (Å²) in [5, 5.41) is 4.53. The highest BCUT2D eigenvalue weighted by Gasteiger charge is 2.29. The van der Waals surface area contributed by atoms with Crippen LogP contribution in [-0.4, -0.2) is 30.9 Å². The van der Waals surface area contributed by atoms with E-state index < -0.39 is 18.0 Å². The van der Waals surface area contributed by atoms with Gasteiger partial charge in [0.1, 0.15) is 11.9 Å². The van der Waals surface area contributed by atoms with E-state index in [1.54, 1.807) is 7.05 Å². The predicted octanol–water partition coefficient (Wildman–Crippen LogP) is 0.777. The molecule has 1 heterocycles. The highest BCUT2D eigenvalue weighted by molar-refractivity contribution is 6.04. The average molecular weight is 279 g/mol. The van der Waals surface area contributed by atoms with Crippen molar-refractivity contribution in [2.75, 3.05) is 11.9 Å². The number of benzene rings is 1. The third-order valence-electron chi connectivity index (χ3n) is 3.09. The van der Waals surface area contributed by atoms with Crippen molar-refractivity contribution in [1.82, 2.24) is 10.6 Å². The van der Waals surface area contributed by atoms with Gasteiger partial charge in [-0.15, -0.1) is 0 Å². The lowest BCUT2D eigenvalue weighted by Gasteiger charge is -2.18. The standard InChI is InChI=1S/C13H14FN3O3/c1-17(9-4-2-8(14)3-5-9)11(18)7-6-10-12(19)16-13(20)15-10/h2-5,10H,6-7H2,1H3,(H2,15,16,19,20)/t10-/m1/s1. The second kappa shape index (κ2) is 5.68. The fraction of sp³-hybridized carbons (Fsp3) is 0.308. The largest absolute Gasteiger partial charge is 0.326 e. The van der Waals surface area contributed by atoms with Crippen LogP contribution in [0, 0.1) is 5.82 Å². The number of anilines is 1. The molecule has 0 spiro atoms. The maximum absolute atomic E-state index is 12.8. The van der Waals surface area contributed by atoms with Crippen LogP contribution in [-0.2, 0) is 9.59 Å². The van der Waals surface area contributed by atoms with Gasteiger partial charge in [-0.1, -0.05) is 0 Å². The van der Waals surface area contributed by atoms with Gasteiger partial charge in [-0.2, -0.15) is 0 Å². The van der Waals surface area contributed by atoms with Crippen LogP contribution in [0.4, 0.5) is 14.9 Å². The second-order valence-electron chi connectivity index (χ2n) is 4.48. The minimum atomic E-state index is -0.673. The first kappa shape index (κ1) is 14.0. The zero-order valence-corrected chi connectivity index (χ0v) is 10.9. The van der Waals surface area contributed by atoms with Crippen LogP contribution in [0.25, 0.3) is 0 Å². The van der Waals surface area contributed by atoms with E-state index in [1.165, 1.54) is 29.2 Å². The molecule has 1 aromatic rings. The molecule has 7 heteroatoms. The molecule has 0 aromatic heterocycles. The van der Waals surface area contributed by atoms with Crippen molar-refractivity contribution in [3.05, 3.63) is 30.1 Å². The fourth-order valence-corrected chi connectivity index (χ4v) is 1.91. The summed E-state index contributed by atoms with van der Waals surface area (Å²) in [4.78, 5) is 35.6. The molecule has 1 atom stereocenters. The summed E-state index contributed by atoms with van der Waals surface area (Å²) in [6, 6.07) is 4.31. The molecule has 0 bridgehead atoms. The SMILES string of the molecule is CN(C(=O)CC[C@H]1NC(=O)NC1=O)c1ccc(F)cc1. The molecule has 0 radical (unpaired) electrons. The highest BCUT2D eigenvalue weighted by atomic mass is 19.1. The Labute approximate surface area is 114 Å². The maximum Gasteiger partial charge on any atom is 0.322 e. The summed E-state index contributed by atoms with van der Waals surface area (Å²) >= 11 is 0. The molecule has 2 N–H and O–H groups in total. The van der Waals surface area contributed by atoms with Gasteiger partial charge < -0.3 is 10.2 Å². The van der Waals surface area contributed by atoms with E-state index >= 15 is 0 Å². The summed E-state index contributed by atoms with van der Waals surface area (Å²) in [7, 11) is 1.57. The molecule has 1 aromatic carbocycles. The Balaban J connectivity index is 1.90. The molecule has 6 nitrogen and oxygen atoms in total. The highest BCUT2D eigenvalue weighted by Crippen LogP contribution is 2.15. The summed E-state index contributed by atoms with van der Waals surface area (Å²) < 4.78 is 12.8. The normalized spacial score (nSPS) is 17.6. The van der Waals surface area contributed by atoms with E-state index in [9.17, 15) is 18.8 Å². The zero-order chi connectivity index (χ0) is 14.7. The van der Waals surface area contributed by atoms with E-state index in [1.807, 2.05) is 0 Å². The lowest BCUT2D eigenvalue weighted by Crippen LogP contribution is -2.32. The van der Waals surface area contributed by atoms with Crippen LogP contribution < -0.4 is 15.5 Å². The number of amides is 4. The quantitative estimate of drug-likeness (QED) is 0.799. The van der Waals surface area contributed by atoms with Crippen molar-refractivity contribution < 1.29 is 18.8 Å². The molecule has 1 aliphatic rings. The fourth-order valence-electron chi connectivity index (χ4n) is 1.91. The third-order valence-corrected chi connectivity index (χ3v) is 3.09. The first-order chi connectivity index (χ1) is 9.47. The molecular weight excluding hydrogens is 265 g/mol. The molecule has 2 rings (SSSR count). The average Bonchev–Trinajstić information content (AvgIpc) is 2.74. The van der Waals surface area contributed by atoms with Gasteiger partial charge in [0.25, 0.3) is 5.91 Å². The lowest BCUT2D eigenvalue weighted by atomic mass is 10.1. The van der Waals surface area contributed by atoms with Crippen LogP contribution >= 0.6 is 0 Å². The van der Waals surface area contributed by atoms with Gasteiger partial charge in [0.15, 0.2) is 0 Å². The van der Waals surface area contributed by atoms with Crippen LogP contribution in [0.2, 0.25) is 0 Å². The topological polar surface area (TPSA) is 78.5 Å². The number of nitrogens with one attached hydrogen (secondary N) is 2. The molecule has 1 saturated heterocycles. The predicted molar refractivity (Wildman–Crippen MR) is 69.5 cm³/mol. The number of rotatable bonds is 4. The monoisotopic (exact) mass is 279 g/mol. The smallest absolute Gasteiger partial charge is 0.322 e. The minimum absolute atomic E-state index is 0.103. The van der Waals surface area contributed by atoms with Crippen molar-refractivity contribution in [2.45, 2.75) is 18.9 Å². The van der Waals surface area contributed by atoms with Crippen molar-refractivity contribution in [2.24, 2.45) is 0 Å². The first-order valence-corrected chi connectivity index (χ1v) is 6.11. The van der Waals surface area contributed by atoms with E-state index in [0.717, 1.165) is 0 Å². The van der Waals surface area contributed by atoms with Crippen molar-refractivity contribution in [3.8, 4) is 0 Å². The molecule has 1 aliphatic heterocycles. The van der Waals surface area contributed by atoms with E-state index in [-0.39, 0.29) is 24.6 Å². The van der Waals surface area contributed by atoms with Crippen LogP contribution in [0.5, 0.6) is 0 Å². The van der Waals surface area contributed by atoms with Crippen molar-refractivity contribution in [3.63, 3.8) is 0 Å². The number of hydrogen-bond acceptors (Lipinski definition) is 3. The van der Waals surface area contributed by atoms with Crippen LogP contribution in [0.1, 0.15) is 12.8 Å². The van der Waals surface area contributed by atoms with Gasteiger partial charge >= 0.3 is 6.03 Å². The number of urea groups is 1. The Morgan fingerprint density at radius 2 is 1.95 bits per heavy atom. The van der Waals surface area contributed by atoms with E-state index in [0.29, 0.717) is 5.69 Å². The number of carbonyl (C=O) groups is 3. The Kier molecular flexibility index (Phi) is 3.97. The Hall–Kier alpha value is -2.44. The molecule has 0 aliphatic carbocycles. The Morgan fingerprint density at radius 3 is 2.50 bits per heavy atom. The molecular formula is C13H14FN3O3. The third kappa shape index (κ3) is 3.11. The zero-order valence-electron chi connectivity index (χ0n) is 10.9. The molecule has 0 unspecified atom stereocenters. The Bertz CT molecular complexity index is 544. The van der Waals surface area contributed by atoms with Gasteiger partial charge in [0.2, 0.25) is 5.91 Å². The molecule has 106 valence electrons. The van der Waals surface area contributed by atoms with Gasteiger partial charge in [-0.25, -0.2) is 9.18 Å². The van der Waals surface area contributed by atoms with Crippen LogP contribution in [0.3, 0.4) is 0 Å². The van der Waals surface area contributed by atoms with Gasteiger partial charge in [-0.05, 0) is 30.7 Å². The molecule has 20 heavy (non-hydrogen) atoms. The number of carbonyl (C=O) groups excluding carboxylic acids is 3. The van der Waals surface area contributed by atoms with Gasteiger partial charge in [0, 0.05) is 19.2 Å². The van der Waals surface area contributed by atoms with E-state index in [2.05, 4.69) is 10.6 Å². The number of nitrogens with zero attached hydrogens (tertiary/aromatic N) is 1. The molecule has 0 saturated carbocycles. The van der Waals surface area contributed by atoms with Gasteiger partial charge in [0.05, 0.1) is 0 Å². The molecule has 1 fully saturated rings. The first-order valence-electron chi connectivity index (χ1n) is 6.11. The van der Waals surface area contributed by atoms with E-state index in [4.69, 9.17) is 0 Å². The minimum Gasteiger partial charge on any atom is -0.326 e. The number of halogens is 1. The second-order valence-corrected chi connectivity index (χ2v) is 4.48.